The lowest BCUT2D eigenvalue weighted by atomic mass is 9.94. The van der Waals surface area contributed by atoms with Gasteiger partial charge in [-0.3, -0.25) is 9.59 Å². The van der Waals surface area contributed by atoms with Crippen molar-refractivity contribution >= 4 is 29.5 Å². The number of nitrogens with one attached hydrogen (secondary N) is 1. The average molecular weight is 362 g/mol. The Hall–Kier alpha value is -2.32. The molecule has 3 atom stereocenters. The number of methoxy groups -OCH3 is 1. The minimum atomic E-state index is -1.54. The first-order valence-corrected chi connectivity index (χ1v) is 8.70. The maximum Gasteiger partial charge on any atom is 0.330 e. The highest BCUT2D eigenvalue weighted by atomic mass is 32.2. The van der Waals surface area contributed by atoms with Gasteiger partial charge in [0.05, 0.1) is 6.42 Å². The molecule has 2 N–H and O–H groups in total. The van der Waals surface area contributed by atoms with Crippen molar-refractivity contribution < 1.29 is 24.2 Å². The SMILES string of the molecule is C=C1CS[C@H]2N(C(=O)C2(NC(=O)Cc2ccccc2)OC)C1C(=O)O. The van der Waals surface area contributed by atoms with Gasteiger partial charge in [-0.25, -0.2) is 4.79 Å². The molecule has 0 spiro atoms. The second-order valence-electron chi connectivity index (χ2n) is 5.93. The predicted molar refractivity (Wildman–Crippen MR) is 91.7 cm³/mol. The molecule has 7 nitrogen and oxygen atoms in total. The fourth-order valence-electron chi connectivity index (χ4n) is 3.13. The van der Waals surface area contributed by atoms with Gasteiger partial charge in [0.15, 0.2) is 6.04 Å². The van der Waals surface area contributed by atoms with Crippen LogP contribution in [0.15, 0.2) is 42.5 Å². The molecule has 2 fully saturated rings. The van der Waals surface area contributed by atoms with Crippen LogP contribution < -0.4 is 5.32 Å². The number of carbonyl (C=O) groups is 3. The number of benzene rings is 1. The summed E-state index contributed by atoms with van der Waals surface area (Å²) in [6, 6.07) is 8.04. The van der Waals surface area contributed by atoms with Crippen LogP contribution in [-0.4, -0.2) is 57.8 Å². The lowest BCUT2D eigenvalue weighted by molar-refractivity contribution is -0.201. The van der Waals surface area contributed by atoms with Crippen molar-refractivity contribution in [2.24, 2.45) is 0 Å². The largest absolute Gasteiger partial charge is 0.479 e. The van der Waals surface area contributed by atoms with Crippen molar-refractivity contribution in [3.05, 3.63) is 48.0 Å². The van der Waals surface area contributed by atoms with Crippen LogP contribution in [-0.2, 0) is 25.5 Å². The molecule has 1 aromatic rings. The minimum Gasteiger partial charge on any atom is -0.479 e. The van der Waals surface area contributed by atoms with E-state index in [9.17, 15) is 19.5 Å². The molecule has 25 heavy (non-hydrogen) atoms. The Bertz CT molecular complexity index is 738. The number of nitrogens with zero attached hydrogens (tertiary/aromatic N) is 1. The fraction of sp³-hybridized carbons (Fsp3) is 0.353. The number of hydrogen-bond acceptors (Lipinski definition) is 5. The average Bonchev–Trinajstić information content (AvgIpc) is 2.59. The number of thioether (sulfide) groups is 1. The van der Waals surface area contributed by atoms with Gasteiger partial charge in [-0.2, -0.15) is 0 Å². The van der Waals surface area contributed by atoms with Gasteiger partial charge in [-0.15, -0.1) is 11.8 Å². The van der Waals surface area contributed by atoms with E-state index in [1.54, 1.807) is 0 Å². The number of rotatable bonds is 5. The van der Waals surface area contributed by atoms with E-state index >= 15 is 0 Å². The molecule has 0 aromatic heterocycles. The molecular weight excluding hydrogens is 344 g/mol. The second-order valence-corrected chi connectivity index (χ2v) is 6.99. The number of hydrogen-bond donors (Lipinski definition) is 2. The molecule has 132 valence electrons. The van der Waals surface area contributed by atoms with Gasteiger partial charge in [0.1, 0.15) is 5.37 Å². The van der Waals surface area contributed by atoms with Crippen molar-refractivity contribution in [2.45, 2.75) is 23.6 Å². The first kappa shape index (κ1) is 17.5. The highest BCUT2D eigenvalue weighted by molar-refractivity contribution is 8.00. The minimum absolute atomic E-state index is 0.103. The summed E-state index contributed by atoms with van der Waals surface area (Å²) in [6.45, 7) is 3.74. The number of carboxylic acids is 1. The Morgan fingerprint density at radius 2 is 2.12 bits per heavy atom. The molecule has 2 aliphatic rings. The van der Waals surface area contributed by atoms with Crippen molar-refractivity contribution in [3.63, 3.8) is 0 Å². The maximum atomic E-state index is 12.7. The smallest absolute Gasteiger partial charge is 0.330 e. The second kappa shape index (κ2) is 6.53. The molecule has 8 heteroatoms. The Morgan fingerprint density at radius 1 is 1.44 bits per heavy atom. The Kier molecular flexibility index (Phi) is 4.57. The van der Waals surface area contributed by atoms with Crippen LogP contribution in [0.4, 0.5) is 0 Å². The maximum absolute atomic E-state index is 12.7. The van der Waals surface area contributed by atoms with Gasteiger partial charge in [0.25, 0.3) is 11.6 Å². The third-order valence-electron chi connectivity index (χ3n) is 4.33. The summed E-state index contributed by atoms with van der Waals surface area (Å²) in [6.07, 6.45) is 0.103. The van der Waals surface area contributed by atoms with Crippen LogP contribution in [0.3, 0.4) is 0 Å². The van der Waals surface area contributed by atoms with Crippen LogP contribution in [0, 0.1) is 0 Å². The summed E-state index contributed by atoms with van der Waals surface area (Å²) in [5.74, 6) is -1.69. The summed E-state index contributed by atoms with van der Waals surface area (Å²) in [4.78, 5) is 37.7. The Balaban J connectivity index is 1.78. The highest BCUT2D eigenvalue weighted by Crippen LogP contribution is 2.46. The third-order valence-corrected chi connectivity index (χ3v) is 5.74. The van der Waals surface area contributed by atoms with Crippen molar-refractivity contribution in [1.29, 1.82) is 0 Å². The number of aliphatic carboxylic acids is 1. The van der Waals surface area contributed by atoms with E-state index in [1.807, 2.05) is 30.3 Å². The van der Waals surface area contributed by atoms with E-state index in [0.29, 0.717) is 11.3 Å². The van der Waals surface area contributed by atoms with Crippen LogP contribution in [0.1, 0.15) is 5.56 Å². The van der Waals surface area contributed by atoms with E-state index in [1.165, 1.54) is 23.8 Å². The first-order chi connectivity index (χ1) is 11.9. The summed E-state index contributed by atoms with van der Waals surface area (Å²) in [5, 5.41) is 11.4. The molecule has 0 saturated carbocycles. The number of amides is 2. The van der Waals surface area contributed by atoms with Crippen molar-refractivity contribution in [1.82, 2.24) is 10.2 Å². The van der Waals surface area contributed by atoms with Gasteiger partial charge in [-0.05, 0) is 11.1 Å². The van der Waals surface area contributed by atoms with E-state index < -0.39 is 29.0 Å². The number of carbonyl (C=O) groups excluding carboxylic acids is 2. The quantitative estimate of drug-likeness (QED) is 0.453. The number of ether oxygens (including phenoxy) is 1. The van der Waals surface area contributed by atoms with E-state index in [4.69, 9.17) is 4.74 Å². The van der Waals surface area contributed by atoms with Crippen LogP contribution in [0.5, 0.6) is 0 Å². The van der Waals surface area contributed by atoms with Crippen molar-refractivity contribution in [2.75, 3.05) is 12.9 Å². The molecule has 0 radical (unpaired) electrons. The van der Waals surface area contributed by atoms with Gasteiger partial charge in [0.2, 0.25) is 5.91 Å². The zero-order chi connectivity index (χ0) is 18.2. The highest BCUT2D eigenvalue weighted by Gasteiger charge is 2.67. The van der Waals surface area contributed by atoms with Gasteiger partial charge in [0, 0.05) is 12.9 Å². The molecular formula is C17H18N2O5S. The predicted octanol–water partition coefficient (Wildman–Crippen LogP) is 0.612. The summed E-state index contributed by atoms with van der Waals surface area (Å²) in [7, 11) is 1.33. The molecule has 1 aromatic carbocycles. The lowest BCUT2D eigenvalue weighted by Crippen LogP contribution is -2.83. The standard InChI is InChI=1S/C17H18N2O5S/c1-10-9-25-16-17(24-2,15(23)19(16)13(10)14(21)22)18-12(20)8-11-6-4-3-5-7-11/h3-7,13,16H,1,8-9H2,2H3,(H,18,20)(H,21,22)/t13?,16-,17?/m1/s1. The number of carboxylic acid groups (broad SMARTS) is 1. The summed E-state index contributed by atoms with van der Waals surface area (Å²) >= 11 is 1.33. The summed E-state index contributed by atoms with van der Waals surface area (Å²) < 4.78 is 5.36. The molecule has 2 saturated heterocycles. The molecule has 2 aliphatic heterocycles. The van der Waals surface area contributed by atoms with Crippen LogP contribution in [0.2, 0.25) is 0 Å². The van der Waals surface area contributed by atoms with Crippen LogP contribution >= 0.6 is 11.8 Å². The fourth-order valence-corrected chi connectivity index (χ4v) is 4.52. The molecule has 0 aliphatic carbocycles. The molecule has 2 heterocycles. The first-order valence-electron chi connectivity index (χ1n) is 7.65. The normalized spacial score (nSPS) is 28.1. The van der Waals surface area contributed by atoms with E-state index in [-0.39, 0.29) is 12.3 Å². The van der Waals surface area contributed by atoms with Gasteiger partial charge >= 0.3 is 5.97 Å². The van der Waals surface area contributed by atoms with E-state index in [2.05, 4.69) is 11.9 Å². The number of fused-ring (bicyclic) bond motifs is 1. The lowest BCUT2D eigenvalue weighted by Gasteiger charge is -2.58. The topological polar surface area (TPSA) is 95.9 Å². The van der Waals surface area contributed by atoms with Gasteiger partial charge < -0.3 is 20.1 Å². The zero-order valence-corrected chi connectivity index (χ0v) is 14.4. The van der Waals surface area contributed by atoms with Crippen LogP contribution in [0.25, 0.3) is 0 Å². The monoisotopic (exact) mass is 362 g/mol. The van der Waals surface area contributed by atoms with E-state index in [0.717, 1.165) is 5.56 Å². The van der Waals surface area contributed by atoms with Gasteiger partial charge in [-0.1, -0.05) is 36.9 Å². The van der Waals surface area contributed by atoms with Crippen molar-refractivity contribution in [3.8, 4) is 0 Å². The molecule has 2 unspecified atom stereocenters. The Morgan fingerprint density at radius 3 is 2.72 bits per heavy atom. The summed E-state index contributed by atoms with van der Waals surface area (Å²) in [5.41, 5.74) is -0.282. The third kappa shape index (κ3) is 2.81. The molecule has 0 bridgehead atoms. The number of β-lactam (4-membered cyclic amide) rings is 1. The molecule has 3 rings (SSSR count). The zero-order valence-electron chi connectivity index (χ0n) is 13.6. The Labute approximate surface area is 149 Å². The molecule has 2 amide bonds.